The fourth-order valence-corrected chi connectivity index (χ4v) is 3.44. The van der Waals surface area contributed by atoms with Crippen molar-refractivity contribution in [2.24, 2.45) is 0 Å². The van der Waals surface area contributed by atoms with Gasteiger partial charge in [0.1, 0.15) is 0 Å². The highest BCUT2D eigenvalue weighted by molar-refractivity contribution is 9.10. The molecule has 0 radical (unpaired) electrons. The van der Waals surface area contributed by atoms with E-state index in [0.29, 0.717) is 17.7 Å². The number of rotatable bonds is 3. The minimum atomic E-state index is 0.0763. The van der Waals surface area contributed by atoms with Crippen LogP contribution in [0.3, 0.4) is 0 Å². The van der Waals surface area contributed by atoms with E-state index in [1.54, 1.807) is 29.5 Å². The first-order valence-electron chi connectivity index (χ1n) is 4.87. The summed E-state index contributed by atoms with van der Waals surface area (Å²) >= 11 is 8.28. The summed E-state index contributed by atoms with van der Waals surface area (Å²) in [6.45, 7) is 0. The molecule has 0 saturated heterocycles. The van der Waals surface area contributed by atoms with Gasteiger partial charge in [-0.15, -0.1) is 11.3 Å². The number of nitrogen functional groups attached to an aromatic ring is 1. The number of benzene rings is 1. The molecule has 0 aliphatic carbocycles. The van der Waals surface area contributed by atoms with Gasteiger partial charge in [-0.05, 0) is 40.2 Å². The third-order valence-corrected chi connectivity index (χ3v) is 4.35. The van der Waals surface area contributed by atoms with Gasteiger partial charge in [0.25, 0.3) is 0 Å². The fraction of sp³-hybridized carbons (Fsp3) is 0.0833. The second kappa shape index (κ2) is 5.33. The van der Waals surface area contributed by atoms with Crippen LogP contribution in [-0.4, -0.2) is 5.78 Å². The van der Waals surface area contributed by atoms with Gasteiger partial charge < -0.3 is 5.73 Å². The average Bonchev–Trinajstić information content (AvgIpc) is 2.62. The number of thiophene rings is 1. The lowest BCUT2D eigenvalue weighted by Gasteiger charge is -2.02. The zero-order chi connectivity index (χ0) is 12.4. The first-order valence-corrected chi connectivity index (χ1v) is 7.33. The average molecular weight is 375 g/mol. The van der Waals surface area contributed by atoms with Crippen molar-refractivity contribution in [3.63, 3.8) is 0 Å². The Morgan fingerprint density at radius 1 is 1.18 bits per heavy atom. The Morgan fingerprint density at radius 2 is 1.94 bits per heavy atom. The molecule has 0 aliphatic heterocycles. The molecule has 1 aromatic carbocycles. The lowest BCUT2D eigenvalue weighted by atomic mass is 10.1. The van der Waals surface area contributed by atoms with E-state index >= 15 is 0 Å². The van der Waals surface area contributed by atoms with Crippen molar-refractivity contribution in [1.29, 1.82) is 0 Å². The summed E-state index contributed by atoms with van der Waals surface area (Å²) in [6.07, 6.45) is 0.409. The second-order valence-corrected chi connectivity index (χ2v) is 6.43. The van der Waals surface area contributed by atoms with E-state index in [1.807, 2.05) is 11.4 Å². The van der Waals surface area contributed by atoms with E-state index in [-0.39, 0.29) is 5.78 Å². The number of hydrogen-bond donors (Lipinski definition) is 1. The maximum absolute atomic E-state index is 12.0. The van der Waals surface area contributed by atoms with Crippen molar-refractivity contribution in [3.05, 3.63) is 49.0 Å². The third-order valence-electron chi connectivity index (χ3n) is 2.20. The Labute approximate surface area is 120 Å². The summed E-state index contributed by atoms with van der Waals surface area (Å²) < 4.78 is 1.84. The predicted molar refractivity (Wildman–Crippen MR) is 78.6 cm³/mol. The summed E-state index contributed by atoms with van der Waals surface area (Å²) in [5.41, 5.74) is 6.94. The zero-order valence-corrected chi connectivity index (χ0v) is 12.7. The minimum Gasteiger partial charge on any atom is -0.399 e. The lowest BCUT2D eigenvalue weighted by molar-refractivity contribution is 0.0994. The molecule has 0 saturated carbocycles. The van der Waals surface area contributed by atoms with E-state index in [9.17, 15) is 4.79 Å². The van der Waals surface area contributed by atoms with Gasteiger partial charge in [0, 0.05) is 36.9 Å². The van der Waals surface area contributed by atoms with Crippen molar-refractivity contribution in [2.75, 3.05) is 5.73 Å². The first-order chi connectivity index (χ1) is 8.04. The number of nitrogens with two attached hydrogens (primary N) is 1. The SMILES string of the molecule is Nc1cc(Br)cc(C(=O)Cc2cc(Br)cs2)c1. The number of ketones is 1. The largest absolute Gasteiger partial charge is 0.399 e. The third kappa shape index (κ3) is 3.40. The van der Waals surface area contributed by atoms with Gasteiger partial charge >= 0.3 is 0 Å². The maximum Gasteiger partial charge on any atom is 0.168 e. The molecule has 2 nitrogen and oxygen atoms in total. The van der Waals surface area contributed by atoms with E-state index in [2.05, 4.69) is 31.9 Å². The first kappa shape index (κ1) is 12.8. The standard InChI is InChI=1S/C12H9Br2NOS/c13-8-1-7(2-10(15)3-8)12(16)5-11-4-9(14)6-17-11/h1-4,6H,5,15H2. The quantitative estimate of drug-likeness (QED) is 0.643. The number of carbonyl (C=O) groups excluding carboxylic acids is 1. The van der Waals surface area contributed by atoms with Crippen LogP contribution in [0.4, 0.5) is 5.69 Å². The highest BCUT2D eigenvalue weighted by atomic mass is 79.9. The minimum absolute atomic E-state index is 0.0763. The van der Waals surface area contributed by atoms with Gasteiger partial charge in [-0.1, -0.05) is 15.9 Å². The monoisotopic (exact) mass is 373 g/mol. The zero-order valence-electron chi connectivity index (χ0n) is 8.74. The van der Waals surface area contributed by atoms with Crippen LogP contribution in [0.2, 0.25) is 0 Å². The van der Waals surface area contributed by atoms with Crippen molar-refractivity contribution < 1.29 is 4.79 Å². The number of hydrogen-bond acceptors (Lipinski definition) is 3. The van der Waals surface area contributed by atoms with Crippen molar-refractivity contribution in [1.82, 2.24) is 0 Å². The van der Waals surface area contributed by atoms with Gasteiger partial charge in [-0.3, -0.25) is 4.79 Å². The molecule has 88 valence electrons. The molecular weight excluding hydrogens is 366 g/mol. The van der Waals surface area contributed by atoms with Crippen molar-refractivity contribution in [3.8, 4) is 0 Å². The normalized spacial score (nSPS) is 10.5. The molecule has 1 heterocycles. The highest BCUT2D eigenvalue weighted by Crippen LogP contribution is 2.23. The Bertz CT molecular complexity index is 545. The van der Waals surface area contributed by atoms with Gasteiger partial charge in [0.15, 0.2) is 5.78 Å². The summed E-state index contributed by atoms with van der Waals surface area (Å²) in [6, 6.07) is 7.24. The van der Waals surface area contributed by atoms with Crippen LogP contribution in [0, 0.1) is 0 Å². The molecule has 1 aromatic heterocycles. The van der Waals surface area contributed by atoms with E-state index in [1.165, 1.54) is 0 Å². The predicted octanol–water partition coefficient (Wildman–Crippen LogP) is 4.28. The second-order valence-electron chi connectivity index (χ2n) is 3.60. The lowest BCUT2D eigenvalue weighted by Crippen LogP contribution is -2.03. The van der Waals surface area contributed by atoms with Gasteiger partial charge in [-0.25, -0.2) is 0 Å². The maximum atomic E-state index is 12.0. The van der Waals surface area contributed by atoms with Crippen LogP contribution in [0.25, 0.3) is 0 Å². The molecule has 0 spiro atoms. The van der Waals surface area contributed by atoms with Crippen LogP contribution in [-0.2, 0) is 6.42 Å². The topological polar surface area (TPSA) is 43.1 Å². The number of carbonyl (C=O) groups is 1. The summed E-state index contributed by atoms with van der Waals surface area (Å²) in [7, 11) is 0. The molecule has 0 bridgehead atoms. The Kier molecular flexibility index (Phi) is 4.01. The number of halogens is 2. The van der Waals surface area contributed by atoms with Crippen LogP contribution in [0.15, 0.2) is 38.6 Å². The fourth-order valence-electron chi connectivity index (χ4n) is 1.48. The molecule has 0 atom stereocenters. The molecule has 17 heavy (non-hydrogen) atoms. The summed E-state index contributed by atoms with van der Waals surface area (Å²) in [4.78, 5) is 13.1. The molecule has 0 aliphatic rings. The molecular formula is C12H9Br2NOS. The molecule has 5 heteroatoms. The Balaban J connectivity index is 2.19. The Morgan fingerprint density at radius 3 is 2.53 bits per heavy atom. The van der Waals surface area contributed by atoms with Crippen LogP contribution in [0.1, 0.15) is 15.2 Å². The summed E-state index contributed by atoms with van der Waals surface area (Å²) in [5.74, 6) is 0.0763. The molecule has 0 amide bonds. The molecule has 0 fully saturated rings. The highest BCUT2D eigenvalue weighted by Gasteiger charge is 2.10. The van der Waals surface area contributed by atoms with Gasteiger partial charge in [0.05, 0.1) is 0 Å². The Hall–Kier alpha value is -0.650. The molecule has 2 aromatic rings. The van der Waals surface area contributed by atoms with Crippen molar-refractivity contribution in [2.45, 2.75) is 6.42 Å². The smallest absolute Gasteiger partial charge is 0.168 e. The number of Topliss-reactive ketones (excluding diaryl/α,β-unsaturated/α-hetero) is 1. The van der Waals surface area contributed by atoms with Crippen LogP contribution < -0.4 is 5.73 Å². The van der Waals surface area contributed by atoms with Gasteiger partial charge in [-0.2, -0.15) is 0 Å². The summed E-state index contributed by atoms with van der Waals surface area (Å²) in [5, 5.41) is 1.97. The van der Waals surface area contributed by atoms with Crippen molar-refractivity contribution >= 4 is 54.7 Å². The number of anilines is 1. The van der Waals surface area contributed by atoms with Gasteiger partial charge in [0.2, 0.25) is 0 Å². The van der Waals surface area contributed by atoms with E-state index < -0.39 is 0 Å². The molecule has 2 rings (SSSR count). The van der Waals surface area contributed by atoms with Crippen LogP contribution in [0.5, 0.6) is 0 Å². The molecule has 2 N–H and O–H groups in total. The van der Waals surface area contributed by atoms with Crippen LogP contribution >= 0.6 is 43.2 Å². The van der Waals surface area contributed by atoms with E-state index in [0.717, 1.165) is 13.8 Å². The molecule has 0 unspecified atom stereocenters. The van der Waals surface area contributed by atoms with E-state index in [4.69, 9.17) is 5.73 Å².